The first-order valence-corrected chi connectivity index (χ1v) is 5.18. The molecule has 1 rings (SSSR count). The van der Waals surface area contributed by atoms with E-state index in [0.717, 1.165) is 17.8 Å². The zero-order valence-corrected chi connectivity index (χ0v) is 8.84. The van der Waals surface area contributed by atoms with E-state index >= 15 is 0 Å². The average Bonchev–Trinajstić information content (AvgIpc) is 2.03. The van der Waals surface area contributed by atoms with Gasteiger partial charge in [0.15, 0.2) is 0 Å². The van der Waals surface area contributed by atoms with Crippen LogP contribution in [0.2, 0.25) is 0 Å². The van der Waals surface area contributed by atoms with Gasteiger partial charge in [-0.25, -0.2) is 0 Å². The van der Waals surface area contributed by atoms with Crippen molar-refractivity contribution >= 4 is 0 Å². The highest BCUT2D eigenvalue weighted by Crippen LogP contribution is 2.35. The molecule has 0 radical (unpaired) electrons. The third-order valence-electron chi connectivity index (χ3n) is 3.38. The molecule has 0 spiro atoms. The number of ether oxygens (including phenoxy) is 1. The maximum absolute atomic E-state index is 5.39. The van der Waals surface area contributed by atoms with Gasteiger partial charge in [-0.05, 0) is 37.0 Å². The minimum absolute atomic E-state index is 0.537. The van der Waals surface area contributed by atoms with Gasteiger partial charge < -0.3 is 4.74 Å². The third-order valence-corrected chi connectivity index (χ3v) is 3.38. The minimum Gasteiger partial charge on any atom is -0.381 e. The quantitative estimate of drug-likeness (QED) is 0.619. The summed E-state index contributed by atoms with van der Waals surface area (Å²) >= 11 is 0. The van der Waals surface area contributed by atoms with Crippen LogP contribution in [0.1, 0.15) is 40.0 Å². The van der Waals surface area contributed by atoms with Gasteiger partial charge in [0, 0.05) is 7.11 Å². The third kappa shape index (κ3) is 2.22. The second-order valence-electron chi connectivity index (χ2n) is 4.56. The van der Waals surface area contributed by atoms with Crippen LogP contribution in [-0.2, 0) is 4.74 Å². The Hall–Kier alpha value is -0.0400. The van der Waals surface area contributed by atoms with Crippen LogP contribution in [0.15, 0.2) is 0 Å². The summed E-state index contributed by atoms with van der Waals surface area (Å²) in [6.07, 6.45) is 4.43. The largest absolute Gasteiger partial charge is 0.381 e. The lowest BCUT2D eigenvalue weighted by Gasteiger charge is -2.35. The lowest BCUT2D eigenvalue weighted by molar-refractivity contribution is 0.0229. The number of hydrogen-bond acceptors (Lipinski definition) is 1. The van der Waals surface area contributed by atoms with Crippen molar-refractivity contribution in [2.75, 3.05) is 7.11 Å². The normalized spacial score (nSPS) is 37.2. The molecule has 0 aromatic heterocycles. The van der Waals surface area contributed by atoms with Gasteiger partial charge in [0.25, 0.3) is 0 Å². The van der Waals surface area contributed by atoms with Gasteiger partial charge >= 0.3 is 0 Å². The average molecular weight is 170 g/mol. The van der Waals surface area contributed by atoms with E-state index in [1.165, 1.54) is 19.3 Å². The van der Waals surface area contributed by atoms with Gasteiger partial charge in [-0.1, -0.05) is 20.8 Å². The first-order chi connectivity index (χ1) is 5.65. The fourth-order valence-corrected chi connectivity index (χ4v) is 2.57. The van der Waals surface area contributed by atoms with Crippen LogP contribution in [0.25, 0.3) is 0 Å². The summed E-state index contributed by atoms with van der Waals surface area (Å²) in [5.41, 5.74) is 0. The van der Waals surface area contributed by atoms with Crippen molar-refractivity contribution in [1.29, 1.82) is 0 Å². The molecule has 1 nitrogen and oxygen atoms in total. The van der Waals surface area contributed by atoms with Crippen molar-refractivity contribution in [3.8, 4) is 0 Å². The summed E-state index contributed by atoms with van der Waals surface area (Å²) in [5, 5.41) is 0. The van der Waals surface area contributed by atoms with Gasteiger partial charge in [-0.15, -0.1) is 0 Å². The molecule has 0 aromatic rings. The fourth-order valence-electron chi connectivity index (χ4n) is 2.57. The Balaban J connectivity index is 2.42. The Kier molecular flexibility index (Phi) is 3.57. The lowest BCUT2D eigenvalue weighted by atomic mass is 9.73. The summed E-state index contributed by atoms with van der Waals surface area (Å²) in [4.78, 5) is 0. The van der Waals surface area contributed by atoms with Gasteiger partial charge in [0.05, 0.1) is 6.10 Å². The maximum Gasteiger partial charge on any atom is 0.0574 e. The monoisotopic (exact) mass is 170 g/mol. The molecule has 0 aliphatic heterocycles. The molecule has 0 N–H and O–H groups in total. The molecule has 1 aliphatic carbocycles. The summed E-state index contributed by atoms with van der Waals surface area (Å²) in [5.74, 6) is 2.62. The topological polar surface area (TPSA) is 9.23 Å². The molecule has 1 heteroatoms. The first-order valence-electron chi connectivity index (χ1n) is 5.18. The van der Waals surface area contributed by atoms with Crippen LogP contribution in [0.4, 0.5) is 0 Å². The zero-order valence-electron chi connectivity index (χ0n) is 8.84. The van der Waals surface area contributed by atoms with Crippen molar-refractivity contribution in [1.82, 2.24) is 0 Å². The summed E-state index contributed by atoms with van der Waals surface area (Å²) in [6.45, 7) is 7.05. The number of rotatable bonds is 2. The Morgan fingerprint density at radius 2 is 1.92 bits per heavy atom. The van der Waals surface area contributed by atoms with Crippen LogP contribution in [0.3, 0.4) is 0 Å². The van der Waals surface area contributed by atoms with E-state index in [9.17, 15) is 0 Å². The lowest BCUT2D eigenvalue weighted by Crippen LogP contribution is -2.30. The second kappa shape index (κ2) is 4.27. The SMILES string of the molecule is CO[C@@H]1CC[C@@H](C(C)C)[C@H](C)C1. The fraction of sp³-hybridized carbons (Fsp3) is 1.00. The standard InChI is InChI=1S/C11H22O/c1-8(2)11-6-5-10(12-4)7-9(11)3/h8-11H,5-7H2,1-4H3/t9-,10-,11+/m1/s1. The smallest absolute Gasteiger partial charge is 0.0574 e. The molecular weight excluding hydrogens is 148 g/mol. The highest BCUT2D eigenvalue weighted by atomic mass is 16.5. The highest BCUT2D eigenvalue weighted by Gasteiger charge is 2.28. The molecule has 0 amide bonds. The number of methoxy groups -OCH3 is 1. The maximum atomic E-state index is 5.39. The van der Waals surface area contributed by atoms with Crippen molar-refractivity contribution in [2.24, 2.45) is 17.8 Å². The van der Waals surface area contributed by atoms with E-state index in [-0.39, 0.29) is 0 Å². The molecule has 0 bridgehead atoms. The molecule has 3 atom stereocenters. The molecule has 0 unspecified atom stereocenters. The molecule has 1 fully saturated rings. The zero-order chi connectivity index (χ0) is 9.14. The Morgan fingerprint density at radius 3 is 2.33 bits per heavy atom. The molecule has 0 heterocycles. The van der Waals surface area contributed by atoms with Crippen molar-refractivity contribution in [3.05, 3.63) is 0 Å². The van der Waals surface area contributed by atoms with Gasteiger partial charge in [0.1, 0.15) is 0 Å². The van der Waals surface area contributed by atoms with Crippen LogP contribution in [0.5, 0.6) is 0 Å². The Labute approximate surface area is 76.5 Å². The summed E-state index contributed by atoms with van der Waals surface area (Å²) < 4.78 is 5.39. The molecular formula is C11H22O. The predicted molar refractivity (Wildman–Crippen MR) is 52.1 cm³/mol. The summed E-state index contributed by atoms with van der Waals surface area (Å²) in [7, 11) is 1.84. The molecule has 0 saturated heterocycles. The Bertz CT molecular complexity index is 131. The summed E-state index contributed by atoms with van der Waals surface area (Å²) in [6, 6.07) is 0. The van der Waals surface area contributed by atoms with Crippen LogP contribution >= 0.6 is 0 Å². The van der Waals surface area contributed by atoms with Crippen LogP contribution in [-0.4, -0.2) is 13.2 Å². The molecule has 72 valence electrons. The predicted octanol–water partition coefficient (Wildman–Crippen LogP) is 3.09. The van der Waals surface area contributed by atoms with Crippen LogP contribution in [0, 0.1) is 17.8 Å². The van der Waals surface area contributed by atoms with E-state index in [4.69, 9.17) is 4.74 Å². The van der Waals surface area contributed by atoms with E-state index in [2.05, 4.69) is 20.8 Å². The number of hydrogen-bond donors (Lipinski definition) is 0. The minimum atomic E-state index is 0.537. The van der Waals surface area contributed by atoms with Crippen molar-refractivity contribution in [2.45, 2.75) is 46.1 Å². The Morgan fingerprint density at radius 1 is 1.25 bits per heavy atom. The van der Waals surface area contributed by atoms with Crippen LogP contribution < -0.4 is 0 Å². The highest BCUT2D eigenvalue weighted by molar-refractivity contribution is 4.79. The van der Waals surface area contributed by atoms with Gasteiger partial charge in [-0.3, -0.25) is 0 Å². The van der Waals surface area contributed by atoms with Crippen molar-refractivity contribution < 1.29 is 4.74 Å². The van der Waals surface area contributed by atoms with Gasteiger partial charge in [-0.2, -0.15) is 0 Å². The van der Waals surface area contributed by atoms with E-state index in [0.29, 0.717) is 6.10 Å². The molecule has 0 aromatic carbocycles. The van der Waals surface area contributed by atoms with E-state index in [1.807, 2.05) is 7.11 Å². The van der Waals surface area contributed by atoms with E-state index < -0.39 is 0 Å². The van der Waals surface area contributed by atoms with Gasteiger partial charge in [0.2, 0.25) is 0 Å². The van der Waals surface area contributed by atoms with E-state index in [1.54, 1.807) is 0 Å². The van der Waals surface area contributed by atoms with Crippen molar-refractivity contribution in [3.63, 3.8) is 0 Å². The second-order valence-corrected chi connectivity index (χ2v) is 4.56. The molecule has 12 heavy (non-hydrogen) atoms. The first kappa shape index (κ1) is 10.0. The molecule has 1 aliphatic rings. The molecule has 1 saturated carbocycles.